The molecule has 0 fully saturated rings. The molecular formula is C9H15NO3. The Hall–Kier alpha value is -1.21. The van der Waals surface area contributed by atoms with Gasteiger partial charge < -0.3 is 15.2 Å². The van der Waals surface area contributed by atoms with E-state index in [0.29, 0.717) is 5.92 Å². The Morgan fingerprint density at radius 2 is 2.31 bits per heavy atom. The first-order valence-electron chi connectivity index (χ1n) is 4.16. The second kappa shape index (κ2) is 7.44. The van der Waals surface area contributed by atoms with Gasteiger partial charge in [-0.05, 0) is 0 Å². The van der Waals surface area contributed by atoms with Crippen LogP contribution in [-0.2, 0) is 4.74 Å². The molecule has 2 N–H and O–H groups in total. The Labute approximate surface area is 78.3 Å². The highest BCUT2D eigenvalue weighted by atomic mass is 16.6. The Kier molecular flexibility index (Phi) is 6.75. The van der Waals surface area contributed by atoms with Crippen molar-refractivity contribution in [1.29, 1.82) is 0 Å². The molecule has 0 aromatic rings. The van der Waals surface area contributed by atoms with Gasteiger partial charge in [-0.15, -0.1) is 0 Å². The molecule has 0 aromatic heterocycles. The Bertz CT molecular complexity index is 203. The lowest BCUT2D eigenvalue weighted by atomic mass is 10.2. The lowest BCUT2D eigenvalue weighted by Crippen LogP contribution is -2.25. The van der Waals surface area contributed by atoms with Gasteiger partial charge in [0.05, 0.1) is 13.2 Å². The van der Waals surface area contributed by atoms with Crippen LogP contribution < -0.4 is 5.32 Å². The molecule has 0 heterocycles. The second-order valence-corrected chi connectivity index (χ2v) is 2.69. The first kappa shape index (κ1) is 11.8. The summed E-state index contributed by atoms with van der Waals surface area (Å²) in [5.74, 6) is 5.96. The minimum atomic E-state index is -0.549. The van der Waals surface area contributed by atoms with Crippen LogP contribution in [0.25, 0.3) is 0 Å². The highest BCUT2D eigenvalue weighted by molar-refractivity contribution is 5.67. The van der Waals surface area contributed by atoms with E-state index in [-0.39, 0.29) is 19.8 Å². The smallest absolute Gasteiger partial charge is 0.407 e. The fourth-order valence-corrected chi connectivity index (χ4v) is 0.561. The van der Waals surface area contributed by atoms with Gasteiger partial charge in [-0.1, -0.05) is 25.7 Å². The van der Waals surface area contributed by atoms with Crippen LogP contribution in [0.5, 0.6) is 0 Å². The van der Waals surface area contributed by atoms with Gasteiger partial charge in [0.2, 0.25) is 0 Å². The van der Waals surface area contributed by atoms with Crippen LogP contribution in [0.3, 0.4) is 0 Å². The van der Waals surface area contributed by atoms with Crippen LogP contribution in [-0.4, -0.2) is 31.0 Å². The predicted octanol–water partition coefficient (Wildman–Crippen LogP) is 0.364. The number of carbonyl (C=O) groups excluding carboxylic acids is 1. The number of hydrogen-bond acceptors (Lipinski definition) is 3. The van der Waals surface area contributed by atoms with Crippen LogP contribution in [0, 0.1) is 17.8 Å². The minimum absolute atomic E-state index is 0.0173. The van der Waals surface area contributed by atoms with Crippen molar-refractivity contribution in [2.75, 3.05) is 19.8 Å². The standard InChI is InChI=1S/C9H15NO3/c1-8(2)4-3-5-10-9(12)13-7-6-11/h8,11H,5-7H2,1-2H3,(H,10,12). The molecule has 0 unspecified atom stereocenters. The second-order valence-electron chi connectivity index (χ2n) is 2.69. The molecule has 0 saturated heterocycles. The molecule has 0 aliphatic rings. The molecule has 0 atom stereocenters. The SMILES string of the molecule is CC(C)C#CCNC(=O)OCCO. The van der Waals surface area contributed by atoms with Crippen molar-refractivity contribution in [2.24, 2.45) is 5.92 Å². The summed E-state index contributed by atoms with van der Waals surface area (Å²) in [5.41, 5.74) is 0. The summed E-state index contributed by atoms with van der Waals surface area (Å²) in [7, 11) is 0. The maximum atomic E-state index is 10.7. The lowest BCUT2D eigenvalue weighted by molar-refractivity contribution is 0.120. The van der Waals surface area contributed by atoms with Gasteiger partial charge in [0, 0.05) is 5.92 Å². The molecule has 74 valence electrons. The van der Waals surface area contributed by atoms with Crippen molar-refractivity contribution in [1.82, 2.24) is 5.32 Å². The Morgan fingerprint density at radius 3 is 2.85 bits per heavy atom. The zero-order valence-electron chi connectivity index (χ0n) is 7.96. The fraction of sp³-hybridized carbons (Fsp3) is 0.667. The van der Waals surface area contributed by atoms with Crippen molar-refractivity contribution in [3.8, 4) is 11.8 Å². The van der Waals surface area contributed by atoms with Gasteiger partial charge in [0.15, 0.2) is 0 Å². The average molecular weight is 185 g/mol. The third kappa shape index (κ3) is 8.70. The Morgan fingerprint density at radius 1 is 1.62 bits per heavy atom. The van der Waals surface area contributed by atoms with Crippen molar-refractivity contribution < 1.29 is 14.6 Å². The summed E-state index contributed by atoms with van der Waals surface area (Å²) >= 11 is 0. The van der Waals surface area contributed by atoms with Gasteiger partial charge in [0.25, 0.3) is 0 Å². The van der Waals surface area contributed by atoms with Gasteiger partial charge in [0.1, 0.15) is 6.61 Å². The van der Waals surface area contributed by atoms with E-state index in [0.717, 1.165) is 0 Å². The molecule has 0 aliphatic heterocycles. The third-order valence-corrected chi connectivity index (χ3v) is 1.04. The quantitative estimate of drug-likeness (QED) is 0.624. The molecule has 13 heavy (non-hydrogen) atoms. The number of carbonyl (C=O) groups is 1. The summed E-state index contributed by atoms with van der Waals surface area (Å²) in [6.45, 7) is 4.07. The zero-order chi connectivity index (χ0) is 10.1. The van der Waals surface area contributed by atoms with Crippen molar-refractivity contribution in [2.45, 2.75) is 13.8 Å². The summed E-state index contributed by atoms with van der Waals surface area (Å²) in [6.07, 6.45) is -0.549. The number of alkyl carbamates (subject to hydrolysis) is 1. The molecule has 4 nitrogen and oxygen atoms in total. The average Bonchev–Trinajstić information content (AvgIpc) is 2.08. The number of amides is 1. The normalized spacial score (nSPS) is 8.92. The van der Waals surface area contributed by atoms with Crippen LogP contribution >= 0.6 is 0 Å². The van der Waals surface area contributed by atoms with E-state index in [4.69, 9.17) is 5.11 Å². The molecule has 0 rings (SSSR count). The molecule has 0 bridgehead atoms. The number of rotatable bonds is 3. The van der Waals surface area contributed by atoms with Crippen molar-refractivity contribution in [3.63, 3.8) is 0 Å². The molecule has 0 aliphatic carbocycles. The molecule has 1 amide bonds. The van der Waals surface area contributed by atoms with E-state index in [2.05, 4.69) is 21.9 Å². The highest BCUT2D eigenvalue weighted by Crippen LogP contribution is 1.84. The van der Waals surface area contributed by atoms with Crippen LogP contribution in [0.1, 0.15) is 13.8 Å². The van der Waals surface area contributed by atoms with Crippen LogP contribution in [0.4, 0.5) is 4.79 Å². The van der Waals surface area contributed by atoms with E-state index >= 15 is 0 Å². The molecular weight excluding hydrogens is 170 g/mol. The van der Waals surface area contributed by atoms with E-state index in [9.17, 15) is 4.79 Å². The lowest BCUT2D eigenvalue weighted by Gasteiger charge is -2.01. The summed E-state index contributed by atoms with van der Waals surface area (Å²) in [5, 5.41) is 10.8. The van der Waals surface area contributed by atoms with Gasteiger partial charge in [-0.2, -0.15) is 0 Å². The number of aliphatic hydroxyl groups excluding tert-OH is 1. The van der Waals surface area contributed by atoms with Crippen molar-refractivity contribution >= 4 is 6.09 Å². The summed E-state index contributed by atoms with van der Waals surface area (Å²) in [6, 6.07) is 0. The zero-order valence-corrected chi connectivity index (χ0v) is 7.96. The number of hydrogen-bond donors (Lipinski definition) is 2. The topological polar surface area (TPSA) is 58.6 Å². The molecule has 0 saturated carbocycles. The maximum absolute atomic E-state index is 10.7. The van der Waals surface area contributed by atoms with Gasteiger partial charge in [-0.25, -0.2) is 4.79 Å². The largest absolute Gasteiger partial charge is 0.447 e. The monoisotopic (exact) mass is 185 g/mol. The van der Waals surface area contributed by atoms with E-state index < -0.39 is 6.09 Å². The molecule has 4 heteroatoms. The molecule has 0 aromatic carbocycles. The van der Waals surface area contributed by atoms with E-state index in [1.165, 1.54) is 0 Å². The first-order valence-corrected chi connectivity index (χ1v) is 4.16. The Balaban J connectivity index is 3.44. The van der Waals surface area contributed by atoms with Crippen molar-refractivity contribution in [3.05, 3.63) is 0 Å². The number of nitrogens with one attached hydrogen (secondary N) is 1. The van der Waals surface area contributed by atoms with Gasteiger partial charge in [-0.3, -0.25) is 0 Å². The molecule has 0 spiro atoms. The van der Waals surface area contributed by atoms with E-state index in [1.54, 1.807) is 0 Å². The predicted molar refractivity (Wildman–Crippen MR) is 49.1 cm³/mol. The first-order chi connectivity index (χ1) is 6.16. The third-order valence-electron chi connectivity index (χ3n) is 1.04. The summed E-state index contributed by atoms with van der Waals surface area (Å²) < 4.78 is 4.53. The highest BCUT2D eigenvalue weighted by Gasteiger charge is 1.96. The van der Waals surface area contributed by atoms with Gasteiger partial charge >= 0.3 is 6.09 Å². The van der Waals surface area contributed by atoms with E-state index in [1.807, 2.05) is 13.8 Å². The summed E-state index contributed by atoms with van der Waals surface area (Å²) in [4.78, 5) is 10.7. The van der Waals surface area contributed by atoms with Crippen LogP contribution in [0.2, 0.25) is 0 Å². The van der Waals surface area contributed by atoms with Crippen LogP contribution in [0.15, 0.2) is 0 Å². The fourth-order valence-electron chi connectivity index (χ4n) is 0.561. The molecule has 0 radical (unpaired) electrons. The number of aliphatic hydroxyl groups is 1. The maximum Gasteiger partial charge on any atom is 0.407 e. The minimum Gasteiger partial charge on any atom is -0.447 e. The number of ether oxygens (including phenoxy) is 1.